The van der Waals surface area contributed by atoms with Crippen molar-refractivity contribution < 1.29 is 4.79 Å². The van der Waals surface area contributed by atoms with Gasteiger partial charge in [-0.15, -0.1) is 6.58 Å². The molecule has 2 nitrogen and oxygen atoms in total. The average Bonchev–Trinajstić information content (AvgIpc) is 2.17. The minimum absolute atomic E-state index is 0.0573. The Hall–Kier alpha value is -0.790. The van der Waals surface area contributed by atoms with Gasteiger partial charge in [0.15, 0.2) is 0 Å². The third kappa shape index (κ3) is 1.56. The Kier molecular flexibility index (Phi) is 1.88. The van der Waals surface area contributed by atoms with Crippen molar-refractivity contribution in [1.82, 2.24) is 5.32 Å². The molecule has 1 rings (SSSR count). The first-order valence-corrected chi connectivity index (χ1v) is 3.17. The summed E-state index contributed by atoms with van der Waals surface area (Å²) in [7, 11) is 0. The van der Waals surface area contributed by atoms with Crippen molar-refractivity contribution in [3.8, 4) is 0 Å². The Bertz CT molecular complexity index is 131. The van der Waals surface area contributed by atoms with E-state index in [9.17, 15) is 4.79 Å². The molecule has 1 aliphatic rings. The van der Waals surface area contributed by atoms with E-state index in [1.165, 1.54) is 0 Å². The molecule has 0 N–H and O–H groups in total. The van der Waals surface area contributed by atoms with Gasteiger partial charge in [-0.25, -0.2) is 5.32 Å². The molecule has 0 aliphatic carbocycles. The van der Waals surface area contributed by atoms with E-state index in [0.29, 0.717) is 6.42 Å². The molecule has 0 aromatic heterocycles. The van der Waals surface area contributed by atoms with Gasteiger partial charge in [-0.05, 0) is 12.8 Å². The topological polar surface area (TPSA) is 31.2 Å². The summed E-state index contributed by atoms with van der Waals surface area (Å²) in [6.45, 7) is 3.58. The van der Waals surface area contributed by atoms with Crippen LogP contribution in [0.25, 0.3) is 0 Å². The lowest BCUT2D eigenvalue weighted by molar-refractivity contribution is -0.119. The summed E-state index contributed by atoms with van der Waals surface area (Å²) < 4.78 is 0. The molecule has 0 aromatic carbocycles. The molecule has 0 saturated carbocycles. The minimum Gasteiger partial charge on any atom is -0.273 e. The lowest BCUT2D eigenvalue weighted by Gasteiger charge is -2.00. The Morgan fingerprint density at radius 2 is 2.67 bits per heavy atom. The number of nitrogens with zero attached hydrogens (tertiary/aromatic N) is 1. The normalized spacial score (nSPS) is 25.8. The van der Waals surface area contributed by atoms with Crippen LogP contribution in [0.3, 0.4) is 0 Å². The van der Waals surface area contributed by atoms with Gasteiger partial charge >= 0.3 is 0 Å². The van der Waals surface area contributed by atoms with Crippen LogP contribution in [0, 0.1) is 0 Å². The molecule has 2 heteroatoms. The van der Waals surface area contributed by atoms with E-state index in [4.69, 9.17) is 0 Å². The lowest BCUT2D eigenvalue weighted by atomic mass is 10.2. The smallest absolute Gasteiger partial charge is 0.241 e. The first kappa shape index (κ1) is 6.33. The molecule has 1 aliphatic heterocycles. The number of carbonyl (C=O) groups excluding carboxylic acids is 1. The van der Waals surface area contributed by atoms with Crippen molar-refractivity contribution in [3.05, 3.63) is 12.7 Å². The zero-order chi connectivity index (χ0) is 6.69. The molecule has 1 atom stereocenters. The number of rotatable bonds is 2. The summed E-state index contributed by atoms with van der Waals surface area (Å²) in [4.78, 5) is 10.5. The molecule has 0 spiro atoms. The second kappa shape index (κ2) is 2.67. The van der Waals surface area contributed by atoms with Crippen molar-refractivity contribution in [3.63, 3.8) is 0 Å². The molecule has 1 fully saturated rings. The van der Waals surface area contributed by atoms with E-state index < -0.39 is 0 Å². The summed E-state index contributed by atoms with van der Waals surface area (Å²) >= 11 is 0. The maximum atomic E-state index is 10.5. The van der Waals surface area contributed by atoms with E-state index in [1.807, 2.05) is 6.08 Å². The van der Waals surface area contributed by atoms with Gasteiger partial charge in [-0.1, -0.05) is 6.08 Å². The van der Waals surface area contributed by atoms with Crippen LogP contribution < -0.4 is 5.32 Å². The Morgan fingerprint density at radius 3 is 3.11 bits per heavy atom. The average molecular weight is 124 g/mol. The number of hydrogen-bond acceptors (Lipinski definition) is 1. The van der Waals surface area contributed by atoms with E-state index >= 15 is 0 Å². The number of amides is 1. The first-order valence-electron chi connectivity index (χ1n) is 3.17. The Labute approximate surface area is 54.9 Å². The number of hydrogen-bond donors (Lipinski definition) is 0. The molecule has 0 aromatic rings. The van der Waals surface area contributed by atoms with E-state index in [-0.39, 0.29) is 11.9 Å². The monoisotopic (exact) mass is 124 g/mol. The van der Waals surface area contributed by atoms with Crippen LogP contribution in [-0.4, -0.2) is 11.9 Å². The summed E-state index contributed by atoms with van der Waals surface area (Å²) in [5, 5.41) is 3.87. The molecule has 49 valence electrons. The highest BCUT2D eigenvalue weighted by Crippen LogP contribution is 2.11. The van der Waals surface area contributed by atoms with Crippen LogP contribution in [0.15, 0.2) is 12.7 Å². The molecule has 1 radical (unpaired) electrons. The first-order chi connectivity index (χ1) is 4.33. The molecule has 0 bridgehead atoms. The maximum Gasteiger partial charge on any atom is 0.241 e. The van der Waals surface area contributed by atoms with Gasteiger partial charge in [-0.2, -0.15) is 0 Å². The van der Waals surface area contributed by atoms with Gasteiger partial charge in [0.2, 0.25) is 5.91 Å². The summed E-state index contributed by atoms with van der Waals surface area (Å²) in [5.74, 6) is 0.0573. The van der Waals surface area contributed by atoms with Crippen molar-refractivity contribution in [1.29, 1.82) is 0 Å². The second-order valence-electron chi connectivity index (χ2n) is 2.24. The Balaban J connectivity index is 2.29. The van der Waals surface area contributed by atoms with E-state index in [1.54, 1.807) is 0 Å². The van der Waals surface area contributed by atoms with Gasteiger partial charge in [0.1, 0.15) is 0 Å². The van der Waals surface area contributed by atoms with Crippen molar-refractivity contribution in [2.24, 2.45) is 0 Å². The molecule has 1 saturated heterocycles. The zero-order valence-electron chi connectivity index (χ0n) is 5.34. The predicted molar refractivity (Wildman–Crippen MR) is 35.0 cm³/mol. The molecule has 1 heterocycles. The van der Waals surface area contributed by atoms with Crippen molar-refractivity contribution in [2.75, 3.05) is 0 Å². The fourth-order valence-electron chi connectivity index (χ4n) is 0.986. The summed E-state index contributed by atoms with van der Waals surface area (Å²) in [6.07, 6.45) is 4.22. The standard InChI is InChI=1S/C7H10NO/c1-2-3-6-4-5-7(9)8-6/h2,6H,1,3-5H2. The fourth-order valence-corrected chi connectivity index (χ4v) is 0.986. The SMILES string of the molecule is C=CCC1CCC(=O)[N]1. The van der Waals surface area contributed by atoms with Crippen LogP contribution >= 0.6 is 0 Å². The maximum absolute atomic E-state index is 10.5. The van der Waals surface area contributed by atoms with Crippen molar-refractivity contribution >= 4 is 5.91 Å². The van der Waals surface area contributed by atoms with Crippen LogP contribution in [0.5, 0.6) is 0 Å². The van der Waals surface area contributed by atoms with Gasteiger partial charge in [0.05, 0.1) is 6.04 Å². The van der Waals surface area contributed by atoms with Gasteiger partial charge in [0, 0.05) is 6.42 Å². The minimum atomic E-state index is 0.0573. The summed E-state index contributed by atoms with van der Waals surface area (Å²) in [6, 6.07) is 0.245. The summed E-state index contributed by atoms with van der Waals surface area (Å²) in [5.41, 5.74) is 0. The van der Waals surface area contributed by atoms with Gasteiger partial charge in [0.25, 0.3) is 0 Å². The Morgan fingerprint density at radius 1 is 1.89 bits per heavy atom. The third-order valence-electron chi connectivity index (χ3n) is 1.46. The third-order valence-corrected chi connectivity index (χ3v) is 1.46. The van der Waals surface area contributed by atoms with Gasteiger partial charge < -0.3 is 0 Å². The lowest BCUT2D eigenvalue weighted by Crippen LogP contribution is -2.15. The highest BCUT2D eigenvalue weighted by Gasteiger charge is 2.20. The van der Waals surface area contributed by atoms with Crippen LogP contribution in [0.1, 0.15) is 19.3 Å². The molecular formula is C7H10NO. The molecule has 1 unspecified atom stereocenters. The fraction of sp³-hybridized carbons (Fsp3) is 0.571. The molecular weight excluding hydrogens is 114 g/mol. The van der Waals surface area contributed by atoms with Gasteiger partial charge in [-0.3, -0.25) is 4.79 Å². The van der Waals surface area contributed by atoms with E-state index in [2.05, 4.69) is 11.9 Å². The quantitative estimate of drug-likeness (QED) is 0.502. The molecule has 1 amide bonds. The van der Waals surface area contributed by atoms with E-state index in [0.717, 1.165) is 12.8 Å². The van der Waals surface area contributed by atoms with Crippen molar-refractivity contribution in [2.45, 2.75) is 25.3 Å². The highest BCUT2D eigenvalue weighted by molar-refractivity contribution is 5.78. The van der Waals surface area contributed by atoms with Crippen LogP contribution in [0.2, 0.25) is 0 Å². The molecule has 9 heavy (non-hydrogen) atoms. The van der Waals surface area contributed by atoms with Crippen LogP contribution in [-0.2, 0) is 4.79 Å². The highest BCUT2D eigenvalue weighted by atomic mass is 16.1. The largest absolute Gasteiger partial charge is 0.273 e. The second-order valence-corrected chi connectivity index (χ2v) is 2.24. The van der Waals surface area contributed by atoms with Crippen LogP contribution in [0.4, 0.5) is 0 Å². The number of carbonyl (C=O) groups is 1. The predicted octanol–water partition coefficient (Wildman–Crippen LogP) is 0.856. The zero-order valence-corrected chi connectivity index (χ0v) is 5.34.